The van der Waals surface area contributed by atoms with E-state index in [1.165, 1.54) is 20.2 Å². The minimum absolute atomic E-state index is 0.0685. The number of para-hydroxylation sites is 1. The summed E-state index contributed by atoms with van der Waals surface area (Å²) in [6.45, 7) is 0.348. The van der Waals surface area contributed by atoms with Crippen LogP contribution in [0.5, 0.6) is 0 Å². The summed E-state index contributed by atoms with van der Waals surface area (Å²) in [4.78, 5) is 15.4. The number of hydrogen-bond donors (Lipinski definition) is 0. The quantitative estimate of drug-likeness (QED) is 0.290. The average molecular weight is 355 g/mol. The third-order valence-electron chi connectivity index (χ3n) is 4.16. The highest BCUT2D eigenvalue weighted by Gasteiger charge is 2.20. The second kappa shape index (κ2) is 6.83. The number of nitro benzene ring substituents is 1. The Bertz CT molecular complexity index is 968. The molecule has 0 radical (unpaired) electrons. The first kappa shape index (κ1) is 18.0. The summed E-state index contributed by atoms with van der Waals surface area (Å²) in [6, 6.07) is 11.6. The highest BCUT2D eigenvalue weighted by Crippen LogP contribution is 2.38. The van der Waals surface area contributed by atoms with E-state index in [0.29, 0.717) is 22.8 Å². The van der Waals surface area contributed by atoms with Crippen molar-refractivity contribution in [1.29, 1.82) is 0 Å². The molecule has 0 saturated heterocycles. The van der Waals surface area contributed by atoms with Crippen LogP contribution in [0.4, 0.5) is 11.4 Å². The molecule has 0 atom stereocenters. The van der Waals surface area contributed by atoms with Gasteiger partial charge in [0, 0.05) is 24.4 Å². The van der Waals surface area contributed by atoms with Crippen LogP contribution in [0.25, 0.3) is 21.8 Å². The molecule has 3 aromatic rings. The molecule has 0 fully saturated rings. The molecule has 1 aromatic heterocycles. The number of non-ortho nitro benzene ring substituents is 1. The number of nitrogens with zero attached hydrogens (tertiary/aromatic N) is 4. The van der Waals surface area contributed by atoms with Gasteiger partial charge in [0.25, 0.3) is 5.69 Å². The molecule has 0 unspecified atom stereocenters. The number of benzene rings is 2. The van der Waals surface area contributed by atoms with Gasteiger partial charge >= 0.3 is 0 Å². The summed E-state index contributed by atoms with van der Waals surface area (Å²) in [7, 11) is 3.02. The van der Waals surface area contributed by atoms with E-state index in [1.54, 1.807) is 36.4 Å². The third kappa shape index (κ3) is 3.57. The largest absolute Gasteiger partial charge is 0.758 e. The number of anilines is 1. The molecule has 0 N–H and O–H groups in total. The molecular formula is C18H19N4O4-. The Balaban J connectivity index is 2.17. The first-order chi connectivity index (χ1) is 12.3. The fraction of sp³-hybridized carbons (Fsp3) is 0.278. The molecule has 26 heavy (non-hydrogen) atoms. The SMILES string of the molecule is C[N+](C)([O-])CCCN([O-])c1c2ccccc2nc2cccc([N+](=O)[O-])c12. The van der Waals surface area contributed by atoms with E-state index in [9.17, 15) is 20.5 Å². The van der Waals surface area contributed by atoms with E-state index in [-0.39, 0.29) is 29.9 Å². The predicted octanol–water partition coefficient (Wildman–Crippen LogP) is 3.56. The summed E-state index contributed by atoms with van der Waals surface area (Å²) >= 11 is 0. The van der Waals surface area contributed by atoms with E-state index in [0.717, 1.165) is 5.06 Å². The maximum atomic E-state index is 12.9. The molecule has 136 valence electrons. The number of quaternary nitrogens is 1. The number of fused-ring (bicyclic) bond motifs is 2. The lowest BCUT2D eigenvalue weighted by atomic mass is 10.1. The molecule has 1 heterocycles. The van der Waals surface area contributed by atoms with Crippen LogP contribution in [0.15, 0.2) is 42.5 Å². The molecule has 2 aromatic carbocycles. The molecule has 0 aliphatic rings. The first-order valence-electron chi connectivity index (χ1n) is 8.22. The third-order valence-corrected chi connectivity index (χ3v) is 4.16. The van der Waals surface area contributed by atoms with Crippen molar-refractivity contribution >= 4 is 33.2 Å². The maximum Gasteiger partial charge on any atom is 0.280 e. The lowest BCUT2D eigenvalue weighted by molar-refractivity contribution is -0.840. The summed E-state index contributed by atoms with van der Waals surface area (Å²) in [6.07, 6.45) is 0.374. The van der Waals surface area contributed by atoms with Gasteiger partial charge in [-0.25, -0.2) is 4.98 Å². The molecule has 3 rings (SSSR count). The Labute approximate surface area is 150 Å². The monoisotopic (exact) mass is 355 g/mol. The van der Waals surface area contributed by atoms with Crippen LogP contribution in [-0.4, -0.2) is 41.7 Å². The van der Waals surface area contributed by atoms with Crippen LogP contribution < -0.4 is 5.06 Å². The van der Waals surface area contributed by atoms with E-state index in [2.05, 4.69) is 4.98 Å². The van der Waals surface area contributed by atoms with Crippen LogP contribution in [0.2, 0.25) is 0 Å². The smallest absolute Gasteiger partial charge is 0.280 e. The van der Waals surface area contributed by atoms with Crippen LogP contribution in [-0.2, 0) is 0 Å². The van der Waals surface area contributed by atoms with Crippen molar-refractivity contribution in [2.45, 2.75) is 6.42 Å². The summed E-state index contributed by atoms with van der Waals surface area (Å²) in [5, 5.41) is 37.6. The topological polar surface area (TPSA) is 105 Å². The van der Waals surface area contributed by atoms with Gasteiger partial charge in [-0.3, -0.25) is 10.1 Å². The van der Waals surface area contributed by atoms with Gasteiger partial charge in [-0.15, -0.1) is 0 Å². The van der Waals surface area contributed by atoms with Crippen molar-refractivity contribution in [2.24, 2.45) is 0 Å². The predicted molar refractivity (Wildman–Crippen MR) is 102 cm³/mol. The Morgan fingerprint density at radius 3 is 2.50 bits per heavy atom. The van der Waals surface area contributed by atoms with E-state index in [4.69, 9.17) is 0 Å². The van der Waals surface area contributed by atoms with Gasteiger partial charge in [-0.1, -0.05) is 24.3 Å². The van der Waals surface area contributed by atoms with E-state index < -0.39 is 9.57 Å². The second-order valence-electron chi connectivity index (χ2n) is 6.66. The fourth-order valence-corrected chi connectivity index (χ4v) is 3.02. The average Bonchev–Trinajstić information content (AvgIpc) is 2.57. The summed E-state index contributed by atoms with van der Waals surface area (Å²) in [5.74, 6) is 0. The van der Waals surface area contributed by atoms with Crippen LogP contribution in [0.3, 0.4) is 0 Å². The van der Waals surface area contributed by atoms with Crippen molar-refractivity contribution in [3.63, 3.8) is 0 Å². The Morgan fingerprint density at radius 1 is 1.12 bits per heavy atom. The van der Waals surface area contributed by atoms with E-state index in [1.807, 2.05) is 0 Å². The Morgan fingerprint density at radius 2 is 1.81 bits per heavy atom. The van der Waals surface area contributed by atoms with Gasteiger partial charge in [0.2, 0.25) is 0 Å². The van der Waals surface area contributed by atoms with Crippen molar-refractivity contribution in [2.75, 3.05) is 32.2 Å². The molecule has 0 bridgehead atoms. The van der Waals surface area contributed by atoms with Gasteiger partial charge in [0.1, 0.15) is 5.39 Å². The van der Waals surface area contributed by atoms with Crippen molar-refractivity contribution in [3.8, 4) is 0 Å². The molecule has 8 heteroatoms. The Kier molecular flexibility index (Phi) is 4.73. The molecule has 0 amide bonds. The van der Waals surface area contributed by atoms with Crippen molar-refractivity contribution in [3.05, 3.63) is 63.0 Å². The number of nitro groups is 1. The molecule has 0 aliphatic carbocycles. The summed E-state index contributed by atoms with van der Waals surface area (Å²) < 4.78 is -0.494. The van der Waals surface area contributed by atoms with Gasteiger partial charge < -0.3 is 20.1 Å². The molecule has 0 spiro atoms. The summed E-state index contributed by atoms with van der Waals surface area (Å²) in [5.41, 5.74) is 1.07. The second-order valence-corrected chi connectivity index (χ2v) is 6.66. The zero-order chi connectivity index (χ0) is 18.9. The van der Waals surface area contributed by atoms with Crippen LogP contribution >= 0.6 is 0 Å². The lowest BCUT2D eigenvalue weighted by Gasteiger charge is -2.37. The van der Waals surface area contributed by atoms with Crippen molar-refractivity contribution < 1.29 is 9.57 Å². The lowest BCUT2D eigenvalue weighted by Crippen LogP contribution is -2.35. The number of rotatable bonds is 6. The van der Waals surface area contributed by atoms with E-state index >= 15 is 0 Å². The van der Waals surface area contributed by atoms with Gasteiger partial charge in [0.15, 0.2) is 0 Å². The highest BCUT2D eigenvalue weighted by molar-refractivity contribution is 6.11. The van der Waals surface area contributed by atoms with Gasteiger partial charge in [-0.05, 0) is 12.1 Å². The van der Waals surface area contributed by atoms with Crippen LogP contribution in [0.1, 0.15) is 6.42 Å². The zero-order valence-electron chi connectivity index (χ0n) is 14.6. The molecule has 0 aliphatic heterocycles. The Hall–Kier alpha value is -2.81. The normalized spacial score (nSPS) is 11.8. The van der Waals surface area contributed by atoms with Gasteiger partial charge in [-0.2, -0.15) is 0 Å². The number of hydrogen-bond acceptors (Lipinski definition) is 6. The maximum absolute atomic E-state index is 12.9. The standard InChI is InChI=1S/C18H19N4O4/c1-22(2,26)12-6-11-20(23)18-13-7-3-4-8-14(13)19-15-9-5-10-16(17(15)18)21(24)25/h3-5,7-10H,6,11-12H2,1-2H3/q-1. The van der Waals surface area contributed by atoms with Gasteiger partial charge in [0.05, 0.1) is 42.3 Å². The minimum atomic E-state index is -0.506. The number of pyridine rings is 1. The highest BCUT2D eigenvalue weighted by atomic mass is 16.6. The molecule has 0 saturated carbocycles. The number of aromatic nitrogens is 1. The van der Waals surface area contributed by atoms with Crippen LogP contribution in [0, 0.1) is 20.5 Å². The fourth-order valence-electron chi connectivity index (χ4n) is 3.02. The molecule has 8 nitrogen and oxygen atoms in total. The first-order valence-corrected chi connectivity index (χ1v) is 8.22. The zero-order valence-corrected chi connectivity index (χ0v) is 14.6. The number of hydroxylamine groups is 4. The minimum Gasteiger partial charge on any atom is -0.758 e. The molecular weight excluding hydrogens is 336 g/mol. The van der Waals surface area contributed by atoms with Crippen molar-refractivity contribution in [1.82, 2.24) is 4.98 Å².